The van der Waals surface area contributed by atoms with Gasteiger partial charge in [-0.1, -0.05) is 91.0 Å². The Labute approximate surface area is 255 Å². The van der Waals surface area contributed by atoms with Crippen LogP contribution in [0.3, 0.4) is 0 Å². The number of aromatic nitrogens is 2. The fourth-order valence-corrected chi connectivity index (χ4v) is 6.49. The van der Waals surface area contributed by atoms with Crippen LogP contribution in [-0.4, -0.2) is 14.5 Å². The SMILES string of the molecule is Cc1cc([N+](=O)[O-])ccc1-n1cc(-c2ccc(Cl)cc2Cl)nc1Cc1ccc(-c2ccc(C3CCCCC3)cc2)cc1. The maximum Gasteiger partial charge on any atom is 0.269 e. The highest BCUT2D eigenvalue weighted by Crippen LogP contribution is 2.35. The number of hydrogen-bond donors (Lipinski definition) is 0. The van der Waals surface area contributed by atoms with Crippen molar-refractivity contribution >= 4 is 28.9 Å². The fraction of sp³-hybridized carbons (Fsp3) is 0.229. The Hall–Kier alpha value is -3.93. The van der Waals surface area contributed by atoms with Gasteiger partial charge in [0.2, 0.25) is 0 Å². The third kappa shape index (κ3) is 5.99. The van der Waals surface area contributed by atoms with Crippen LogP contribution in [0, 0.1) is 17.0 Å². The van der Waals surface area contributed by atoms with Crippen LogP contribution in [0.1, 0.15) is 60.5 Å². The third-order valence-corrected chi connectivity index (χ3v) is 8.82. The zero-order valence-electron chi connectivity index (χ0n) is 23.4. The van der Waals surface area contributed by atoms with Crippen molar-refractivity contribution in [1.82, 2.24) is 9.55 Å². The van der Waals surface area contributed by atoms with Crippen molar-refractivity contribution in [1.29, 1.82) is 0 Å². The number of aryl methyl sites for hydroxylation is 1. The quantitative estimate of drug-likeness (QED) is 0.139. The summed E-state index contributed by atoms with van der Waals surface area (Å²) in [5.74, 6) is 1.50. The van der Waals surface area contributed by atoms with Gasteiger partial charge in [-0.3, -0.25) is 10.1 Å². The van der Waals surface area contributed by atoms with Crippen molar-refractivity contribution in [2.45, 2.75) is 51.4 Å². The van der Waals surface area contributed by atoms with E-state index in [1.807, 2.05) is 23.8 Å². The molecule has 0 atom stereocenters. The molecule has 1 fully saturated rings. The summed E-state index contributed by atoms with van der Waals surface area (Å²) in [7, 11) is 0. The lowest BCUT2D eigenvalue weighted by atomic mass is 9.83. The standard InChI is InChI=1S/C35H31Cl2N3O2/c1-23-19-30(40(41)42)16-18-34(23)39-22-33(31-17-15-29(36)21-32(31)37)38-35(39)20-24-7-9-26(10-8-24)28-13-11-27(12-14-28)25-5-3-2-4-6-25/h7-19,21-22,25H,2-6,20H2,1H3. The first-order chi connectivity index (χ1) is 20.4. The molecule has 1 aliphatic carbocycles. The van der Waals surface area contributed by atoms with Crippen molar-refractivity contribution in [2.75, 3.05) is 0 Å². The number of nitrogens with zero attached hydrogens (tertiary/aromatic N) is 3. The first-order valence-electron chi connectivity index (χ1n) is 14.3. The first-order valence-corrected chi connectivity index (χ1v) is 15.1. The summed E-state index contributed by atoms with van der Waals surface area (Å²) in [5, 5.41) is 12.4. The molecule has 0 N–H and O–H groups in total. The van der Waals surface area contributed by atoms with E-state index in [1.165, 1.54) is 54.9 Å². The minimum Gasteiger partial charge on any atom is -0.303 e. The second-order valence-corrected chi connectivity index (χ2v) is 11.9. The smallest absolute Gasteiger partial charge is 0.269 e. The number of nitro benzene ring substituents is 1. The van der Waals surface area contributed by atoms with Crippen LogP contribution >= 0.6 is 23.2 Å². The van der Waals surface area contributed by atoms with Gasteiger partial charge in [-0.15, -0.1) is 0 Å². The van der Waals surface area contributed by atoms with E-state index in [-0.39, 0.29) is 10.6 Å². The number of benzene rings is 4. The van der Waals surface area contributed by atoms with Crippen molar-refractivity contribution in [3.8, 4) is 28.1 Å². The second-order valence-electron chi connectivity index (χ2n) is 11.1. The Balaban J connectivity index is 1.30. The minimum atomic E-state index is -0.379. The van der Waals surface area contributed by atoms with E-state index in [9.17, 15) is 10.1 Å². The second kappa shape index (κ2) is 12.1. The summed E-state index contributed by atoms with van der Waals surface area (Å²) in [6.45, 7) is 1.87. The Bertz CT molecular complexity index is 1740. The number of halogens is 2. The molecule has 1 saturated carbocycles. The summed E-state index contributed by atoms with van der Waals surface area (Å²) in [4.78, 5) is 15.9. The first kappa shape index (κ1) is 28.2. The van der Waals surface area contributed by atoms with Crippen LogP contribution < -0.4 is 0 Å². The predicted octanol–water partition coefficient (Wildman–Crippen LogP) is 10.4. The van der Waals surface area contributed by atoms with E-state index < -0.39 is 0 Å². The Morgan fingerprint density at radius 2 is 1.57 bits per heavy atom. The molecule has 42 heavy (non-hydrogen) atoms. The molecule has 212 valence electrons. The van der Waals surface area contributed by atoms with Crippen molar-refractivity contribution in [2.24, 2.45) is 0 Å². The lowest BCUT2D eigenvalue weighted by molar-refractivity contribution is -0.384. The Morgan fingerprint density at radius 3 is 2.21 bits per heavy atom. The number of hydrogen-bond acceptors (Lipinski definition) is 3. The maximum atomic E-state index is 11.3. The third-order valence-electron chi connectivity index (χ3n) is 8.27. The summed E-state index contributed by atoms with van der Waals surface area (Å²) in [6.07, 6.45) is 9.15. The number of imidazole rings is 1. The summed E-state index contributed by atoms with van der Waals surface area (Å²) in [5.41, 5.74) is 8.10. The highest BCUT2D eigenvalue weighted by atomic mass is 35.5. The highest BCUT2D eigenvalue weighted by molar-refractivity contribution is 6.36. The normalized spacial score (nSPS) is 13.8. The molecule has 4 aromatic carbocycles. The zero-order chi connectivity index (χ0) is 29.2. The van der Waals surface area contributed by atoms with Gasteiger partial charge in [-0.25, -0.2) is 4.98 Å². The van der Waals surface area contributed by atoms with Gasteiger partial charge >= 0.3 is 0 Å². The van der Waals surface area contributed by atoms with Gasteiger partial charge in [0, 0.05) is 35.3 Å². The molecule has 7 heteroatoms. The van der Waals surface area contributed by atoms with E-state index in [0.29, 0.717) is 28.1 Å². The van der Waals surface area contributed by atoms with Crippen molar-refractivity contribution in [3.05, 3.63) is 134 Å². The van der Waals surface area contributed by atoms with Gasteiger partial charge in [0.25, 0.3) is 5.69 Å². The molecule has 5 aromatic rings. The Kier molecular flexibility index (Phi) is 8.14. The molecule has 0 spiro atoms. The highest BCUT2D eigenvalue weighted by Gasteiger charge is 2.18. The van der Waals surface area contributed by atoms with Gasteiger partial charge in [0.05, 0.1) is 21.3 Å². The topological polar surface area (TPSA) is 61.0 Å². The predicted molar refractivity (Wildman–Crippen MR) is 171 cm³/mol. The molecule has 0 unspecified atom stereocenters. The summed E-state index contributed by atoms with van der Waals surface area (Å²) >= 11 is 12.7. The largest absolute Gasteiger partial charge is 0.303 e. The van der Waals surface area contributed by atoms with Crippen LogP contribution in [0.5, 0.6) is 0 Å². The molecule has 1 aromatic heterocycles. The molecule has 1 heterocycles. The minimum absolute atomic E-state index is 0.0567. The van der Waals surface area contributed by atoms with Gasteiger partial charge in [-0.05, 0) is 77.8 Å². The van der Waals surface area contributed by atoms with Crippen LogP contribution in [0.4, 0.5) is 5.69 Å². The molecule has 6 rings (SSSR count). The van der Waals surface area contributed by atoms with E-state index >= 15 is 0 Å². The Morgan fingerprint density at radius 1 is 0.881 bits per heavy atom. The summed E-state index contributed by atoms with van der Waals surface area (Å²) < 4.78 is 2.00. The summed E-state index contributed by atoms with van der Waals surface area (Å²) in [6, 6.07) is 27.9. The monoisotopic (exact) mass is 595 g/mol. The van der Waals surface area contributed by atoms with E-state index in [2.05, 4.69) is 48.5 Å². The van der Waals surface area contributed by atoms with Crippen LogP contribution in [0.2, 0.25) is 10.0 Å². The lowest BCUT2D eigenvalue weighted by Crippen LogP contribution is -2.04. The van der Waals surface area contributed by atoms with Crippen molar-refractivity contribution < 1.29 is 4.92 Å². The lowest BCUT2D eigenvalue weighted by Gasteiger charge is -2.22. The molecule has 1 aliphatic rings. The number of non-ortho nitro benzene ring substituents is 1. The van der Waals surface area contributed by atoms with Crippen LogP contribution in [0.15, 0.2) is 91.1 Å². The molecule has 0 saturated heterocycles. The average Bonchev–Trinajstić information content (AvgIpc) is 3.40. The molecular weight excluding hydrogens is 565 g/mol. The van der Waals surface area contributed by atoms with E-state index in [4.69, 9.17) is 28.2 Å². The molecule has 5 nitrogen and oxygen atoms in total. The molecule has 0 radical (unpaired) electrons. The van der Waals surface area contributed by atoms with Crippen molar-refractivity contribution in [3.63, 3.8) is 0 Å². The molecular formula is C35H31Cl2N3O2. The fourth-order valence-electron chi connectivity index (χ4n) is 5.98. The number of nitro groups is 1. The van der Waals surface area contributed by atoms with Gasteiger partial charge in [0.1, 0.15) is 5.82 Å². The average molecular weight is 597 g/mol. The van der Waals surface area contributed by atoms with Gasteiger partial charge in [-0.2, -0.15) is 0 Å². The van der Waals surface area contributed by atoms with Crippen LogP contribution in [-0.2, 0) is 6.42 Å². The zero-order valence-corrected chi connectivity index (χ0v) is 24.9. The van der Waals surface area contributed by atoms with Gasteiger partial charge in [0.15, 0.2) is 0 Å². The molecule has 0 amide bonds. The maximum absolute atomic E-state index is 11.3. The van der Waals surface area contributed by atoms with E-state index in [1.54, 1.807) is 24.3 Å². The number of rotatable bonds is 7. The molecule has 0 bridgehead atoms. The van der Waals surface area contributed by atoms with Gasteiger partial charge < -0.3 is 4.57 Å². The van der Waals surface area contributed by atoms with E-state index in [0.717, 1.165) is 28.2 Å². The van der Waals surface area contributed by atoms with Crippen LogP contribution in [0.25, 0.3) is 28.1 Å². The molecule has 0 aliphatic heterocycles.